The van der Waals surface area contributed by atoms with Crippen LogP contribution in [-0.4, -0.2) is 75.6 Å². The van der Waals surface area contributed by atoms with Crippen LogP contribution < -0.4 is 10.1 Å². The molecule has 0 aliphatic carbocycles. The number of carbonyl (C=O) groups is 1. The number of imidazole rings is 1. The number of hydrogen-bond donors (Lipinski definition) is 2. The van der Waals surface area contributed by atoms with Crippen molar-refractivity contribution in [1.82, 2.24) is 29.1 Å². The number of carbonyl (C=O) groups excluding carboxylic acids is 1. The minimum absolute atomic E-state index is 0.0132. The van der Waals surface area contributed by atoms with E-state index in [1.165, 1.54) is 40.8 Å². The normalized spacial score (nSPS) is 13.4. The number of halogens is 1. The maximum atomic E-state index is 13.6. The molecule has 0 aliphatic rings. The first kappa shape index (κ1) is 30.4. The van der Waals surface area contributed by atoms with Crippen molar-refractivity contribution in [3.8, 4) is 5.75 Å². The Labute approximate surface area is 244 Å². The van der Waals surface area contributed by atoms with Crippen molar-refractivity contribution >= 4 is 38.7 Å². The van der Waals surface area contributed by atoms with E-state index in [2.05, 4.69) is 20.3 Å². The second kappa shape index (κ2) is 13.4. The van der Waals surface area contributed by atoms with Gasteiger partial charge >= 0.3 is 0 Å². The number of aromatic nitrogens is 4. The molecule has 0 fully saturated rings. The fraction of sp³-hybridized carbons (Fsp3) is 0.357. The average Bonchev–Trinajstić information content (AvgIpc) is 3.36. The van der Waals surface area contributed by atoms with Crippen molar-refractivity contribution < 1.29 is 23.1 Å². The van der Waals surface area contributed by atoms with Gasteiger partial charge < -0.3 is 19.7 Å². The van der Waals surface area contributed by atoms with E-state index in [0.29, 0.717) is 16.9 Å². The van der Waals surface area contributed by atoms with Gasteiger partial charge in [-0.15, -0.1) is 0 Å². The highest BCUT2D eigenvalue weighted by Gasteiger charge is 2.31. The summed E-state index contributed by atoms with van der Waals surface area (Å²) < 4.78 is 35.2. The van der Waals surface area contributed by atoms with Crippen LogP contribution in [0.15, 0.2) is 72.1 Å². The molecular weight excluding hydrogens is 568 g/mol. The summed E-state index contributed by atoms with van der Waals surface area (Å²) in [5, 5.41) is 14.5. The smallest absolute Gasteiger partial charge is 0.243 e. The van der Waals surface area contributed by atoms with E-state index in [-0.39, 0.29) is 42.0 Å². The van der Waals surface area contributed by atoms with Crippen molar-refractivity contribution in [3.63, 3.8) is 0 Å². The minimum Gasteiger partial charge on any atom is -0.497 e. The molecule has 4 rings (SSSR count). The van der Waals surface area contributed by atoms with Gasteiger partial charge in [0.1, 0.15) is 24.1 Å². The van der Waals surface area contributed by atoms with Gasteiger partial charge in [-0.05, 0) is 42.2 Å². The lowest BCUT2D eigenvalue weighted by Gasteiger charge is -2.31. The number of aliphatic hydroxyl groups excluding tert-OH is 1. The Morgan fingerprint density at radius 2 is 1.78 bits per heavy atom. The number of aliphatic hydroxyl groups is 1. The van der Waals surface area contributed by atoms with Crippen LogP contribution in [0.4, 0.5) is 0 Å². The summed E-state index contributed by atoms with van der Waals surface area (Å²) in [4.78, 5) is 25.5. The summed E-state index contributed by atoms with van der Waals surface area (Å²) in [5.74, 6) is 0.109. The lowest BCUT2D eigenvalue weighted by Crippen LogP contribution is -2.51. The molecule has 0 radical (unpaired) electrons. The van der Waals surface area contributed by atoms with Crippen molar-refractivity contribution in [2.45, 2.75) is 43.9 Å². The summed E-state index contributed by atoms with van der Waals surface area (Å²) in [7, 11) is -2.45. The number of sulfonamides is 1. The Hall–Kier alpha value is -3.58. The first-order chi connectivity index (χ1) is 19.6. The lowest BCUT2D eigenvalue weighted by molar-refractivity contribution is -0.123. The van der Waals surface area contributed by atoms with Crippen LogP contribution in [0.2, 0.25) is 5.15 Å². The standard InChI is InChI=1S/C28H33ClN6O5S/c1-19(2)14-35(41(38,39)22-11-9-21(40-3)10-12-22)15-24(36)23(13-20-7-5-4-6-8-20)33-25(37)16-34-18-32-26-27(29)30-17-31-28(26)34/h4-12,17-19,23-24,36H,13-16H2,1-3H3,(H,33,37)/t23-,24+/m0/s1. The highest BCUT2D eigenvalue weighted by Crippen LogP contribution is 2.22. The van der Waals surface area contributed by atoms with Crippen LogP contribution >= 0.6 is 11.6 Å². The molecule has 2 aromatic carbocycles. The monoisotopic (exact) mass is 600 g/mol. The molecule has 0 aliphatic heterocycles. The van der Waals surface area contributed by atoms with Crippen molar-refractivity contribution in [2.75, 3.05) is 20.2 Å². The Balaban J connectivity index is 1.57. The largest absolute Gasteiger partial charge is 0.497 e. The number of benzene rings is 2. The summed E-state index contributed by atoms with van der Waals surface area (Å²) in [6.45, 7) is 3.62. The Morgan fingerprint density at radius 3 is 2.44 bits per heavy atom. The molecule has 0 unspecified atom stereocenters. The summed E-state index contributed by atoms with van der Waals surface area (Å²) >= 11 is 6.08. The third kappa shape index (κ3) is 7.59. The molecule has 218 valence electrons. The Kier molecular flexibility index (Phi) is 9.92. The lowest BCUT2D eigenvalue weighted by atomic mass is 10.0. The zero-order valence-corrected chi connectivity index (χ0v) is 24.6. The molecule has 2 heterocycles. The molecule has 0 bridgehead atoms. The van der Waals surface area contributed by atoms with E-state index in [1.807, 2.05) is 44.2 Å². The highest BCUT2D eigenvalue weighted by atomic mass is 35.5. The summed E-state index contributed by atoms with van der Waals surface area (Å²) in [6.07, 6.45) is 1.79. The number of amides is 1. The molecule has 2 N–H and O–H groups in total. The molecule has 13 heteroatoms. The summed E-state index contributed by atoms with van der Waals surface area (Å²) in [5.41, 5.74) is 1.64. The van der Waals surface area contributed by atoms with Crippen LogP contribution in [0.25, 0.3) is 11.2 Å². The van der Waals surface area contributed by atoms with Gasteiger partial charge in [0.05, 0.1) is 30.5 Å². The quantitative estimate of drug-likeness (QED) is 0.223. The van der Waals surface area contributed by atoms with Gasteiger partial charge in [-0.1, -0.05) is 55.8 Å². The fourth-order valence-corrected chi connectivity index (χ4v) is 6.24. The molecule has 0 saturated heterocycles. The predicted molar refractivity (Wildman–Crippen MR) is 155 cm³/mol. The molecule has 0 saturated carbocycles. The van der Waals surface area contributed by atoms with Crippen LogP contribution in [0.1, 0.15) is 19.4 Å². The summed E-state index contributed by atoms with van der Waals surface area (Å²) in [6, 6.07) is 14.7. The first-order valence-electron chi connectivity index (χ1n) is 13.1. The number of nitrogens with one attached hydrogen (secondary N) is 1. The van der Waals surface area contributed by atoms with Crippen LogP contribution in [-0.2, 0) is 27.8 Å². The number of rotatable bonds is 13. The number of nitrogens with zero attached hydrogens (tertiary/aromatic N) is 5. The van der Waals surface area contributed by atoms with E-state index in [4.69, 9.17) is 16.3 Å². The Bertz CT molecular complexity index is 1560. The SMILES string of the molecule is COc1ccc(S(=O)(=O)N(CC(C)C)C[C@@H](O)[C@H](Cc2ccccc2)NC(=O)Cn2cnc3c(Cl)ncnc32)cc1. The van der Waals surface area contributed by atoms with Gasteiger partial charge in [0, 0.05) is 13.1 Å². The number of hydrogen-bond acceptors (Lipinski definition) is 8. The second-order valence-corrected chi connectivity index (χ2v) is 12.3. The maximum absolute atomic E-state index is 13.6. The number of fused-ring (bicyclic) bond motifs is 1. The zero-order valence-electron chi connectivity index (χ0n) is 23.0. The number of ether oxygens (including phenoxy) is 1. The van der Waals surface area contributed by atoms with Crippen molar-refractivity contribution in [2.24, 2.45) is 5.92 Å². The molecule has 0 spiro atoms. The topological polar surface area (TPSA) is 140 Å². The van der Waals surface area contributed by atoms with E-state index in [1.54, 1.807) is 12.1 Å². The van der Waals surface area contributed by atoms with Crippen LogP contribution in [0, 0.1) is 5.92 Å². The van der Waals surface area contributed by atoms with Crippen LogP contribution in [0.5, 0.6) is 5.75 Å². The fourth-order valence-electron chi connectivity index (χ4n) is 4.44. The van der Waals surface area contributed by atoms with Gasteiger partial charge in [-0.3, -0.25) is 4.79 Å². The molecule has 2 atom stereocenters. The number of methoxy groups -OCH3 is 1. The highest BCUT2D eigenvalue weighted by molar-refractivity contribution is 7.89. The average molecular weight is 601 g/mol. The van der Waals surface area contributed by atoms with E-state index < -0.39 is 28.1 Å². The third-order valence-electron chi connectivity index (χ3n) is 6.44. The van der Waals surface area contributed by atoms with Gasteiger partial charge in [-0.25, -0.2) is 23.4 Å². The molecule has 1 amide bonds. The molecular formula is C28H33ClN6O5S. The molecule has 4 aromatic rings. The second-order valence-electron chi connectivity index (χ2n) is 10.0. The minimum atomic E-state index is -3.95. The first-order valence-corrected chi connectivity index (χ1v) is 14.9. The van der Waals surface area contributed by atoms with E-state index in [0.717, 1.165) is 5.56 Å². The Morgan fingerprint density at radius 1 is 1.07 bits per heavy atom. The van der Waals surface area contributed by atoms with Crippen LogP contribution in [0.3, 0.4) is 0 Å². The predicted octanol–water partition coefficient (Wildman–Crippen LogP) is 2.92. The van der Waals surface area contributed by atoms with E-state index >= 15 is 0 Å². The zero-order chi connectivity index (χ0) is 29.6. The molecule has 41 heavy (non-hydrogen) atoms. The molecule has 2 aromatic heterocycles. The molecule has 11 nitrogen and oxygen atoms in total. The van der Waals surface area contributed by atoms with Gasteiger partial charge in [0.2, 0.25) is 15.9 Å². The third-order valence-corrected chi connectivity index (χ3v) is 8.56. The van der Waals surface area contributed by atoms with Gasteiger partial charge in [0.15, 0.2) is 10.8 Å². The van der Waals surface area contributed by atoms with Gasteiger partial charge in [-0.2, -0.15) is 4.31 Å². The van der Waals surface area contributed by atoms with E-state index in [9.17, 15) is 18.3 Å². The van der Waals surface area contributed by atoms with Crippen molar-refractivity contribution in [1.29, 1.82) is 0 Å². The van der Waals surface area contributed by atoms with Gasteiger partial charge in [0.25, 0.3) is 0 Å². The maximum Gasteiger partial charge on any atom is 0.243 e. The van der Waals surface area contributed by atoms with Crippen molar-refractivity contribution in [3.05, 3.63) is 78.0 Å².